The van der Waals surface area contributed by atoms with Gasteiger partial charge in [0.1, 0.15) is 0 Å². The van der Waals surface area contributed by atoms with Crippen molar-refractivity contribution in [2.75, 3.05) is 5.75 Å². The van der Waals surface area contributed by atoms with Crippen LogP contribution in [0.2, 0.25) is 0 Å². The van der Waals surface area contributed by atoms with Crippen LogP contribution in [0.1, 0.15) is 59.3 Å². The van der Waals surface area contributed by atoms with Crippen LogP contribution in [-0.4, -0.2) is 32.6 Å². The molecule has 4 fully saturated rings. The predicted octanol–water partition coefficient (Wildman–Crippen LogP) is 4.85. The van der Waals surface area contributed by atoms with Crippen molar-refractivity contribution in [3.05, 3.63) is 0 Å². The van der Waals surface area contributed by atoms with Gasteiger partial charge in [-0.05, 0) is 69.1 Å². The molecule has 7 heteroatoms. The van der Waals surface area contributed by atoms with E-state index in [2.05, 4.69) is 29.4 Å². The first-order valence-corrected chi connectivity index (χ1v) is 12.5. The van der Waals surface area contributed by atoms with Crippen molar-refractivity contribution in [3.63, 3.8) is 0 Å². The van der Waals surface area contributed by atoms with E-state index >= 15 is 0 Å². The molecule has 0 saturated heterocycles. The molecule has 1 atom stereocenters. The Morgan fingerprint density at radius 1 is 1.12 bits per heavy atom. The average molecular weight is 412 g/mol. The van der Waals surface area contributed by atoms with Gasteiger partial charge >= 0.3 is 0 Å². The van der Waals surface area contributed by atoms with E-state index in [9.17, 15) is 4.79 Å². The molecule has 0 aliphatic heterocycles. The molecule has 1 amide bonds. The Balaban J connectivity index is 1.32. The summed E-state index contributed by atoms with van der Waals surface area (Å²) in [6.45, 7) is 6.42. The first-order valence-electron chi connectivity index (χ1n) is 9.86. The van der Waals surface area contributed by atoms with E-state index in [1.165, 1.54) is 38.5 Å². The molecule has 1 aromatic rings. The summed E-state index contributed by atoms with van der Waals surface area (Å²) in [5, 5.41) is 11.9. The molecule has 0 aromatic carbocycles. The van der Waals surface area contributed by atoms with Gasteiger partial charge in [-0.25, -0.2) is 0 Å². The van der Waals surface area contributed by atoms with Crippen LogP contribution in [-0.2, 0) is 4.79 Å². The van der Waals surface area contributed by atoms with Crippen LogP contribution in [0, 0.1) is 23.7 Å². The standard InChI is InChI=1S/C19H29N3OS3/c1-11(2)10-24-17-21-22-18(26-17)25-12(3)16(23)20-19-7-13-4-14(8-19)6-15(5-13)9-19/h11-15H,4-10H2,1-3H3,(H,20,23)/t12-,13?,14?,15?,19?/m1/s1. The molecule has 5 rings (SSSR count). The Kier molecular flexibility index (Phi) is 5.59. The van der Waals surface area contributed by atoms with Gasteiger partial charge in [0.15, 0.2) is 8.68 Å². The summed E-state index contributed by atoms with van der Waals surface area (Å²) in [6.07, 6.45) is 7.83. The smallest absolute Gasteiger partial charge is 0.233 e. The van der Waals surface area contributed by atoms with E-state index in [4.69, 9.17) is 0 Å². The van der Waals surface area contributed by atoms with E-state index in [1.54, 1.807) is 34.9 Å². The van der Waals surface area contributed by atoms with Crippen LogP contribution in [0.3, 0.4) is 0 Å². The Bertz CT molecular complexity index is 625. The molecule has 144 valence electrons. The van der Waals surface area contributed by atoms with Crippen molar-refractivity contribution in [1.82, 2.24) is 15.5 Å². The van der Waals surface area contributed by atoms with Crippen LogP contribution in [0.25, 0.3) is 0 Å². The normalized spacial score (nSPS) is 33.6. The summed E-state index contributed by atoms with van der Waals surface area (Å²) in [5.74, 6) is 4.45. The summed E-state index contributed by atoms with van der Waals surface area (Å²) in [7, 11) is 0. The Morgan fingerprint density at radius 3 is 2.27 bits per heavy atom. The molecule has 4 aliphatic carbocycles. The second-order valence-corrected chi connectivity index (χ2v) is 12.8. The number of aromatic nitrogens is 2. The van der Waals surface area contributed by atoms with Crippen molar-refractivity contribution in [1.29, 1.82) is 0 Å². The lowest BCUT2D eigenvalue weighted by atomic mass is 9.53. The molecular weight excluding hydrogens is 382 g/mol. The third kappa shape index (κ3) is 4.25. The minimum atomic E-state index is -0.112. The summed E-state index contributed by atoms with van der Waals surface area (Å²) in [6, 6.07) is 0. The topological polar surface area (TPSA) is 54.9 Å². The maximum Gasteiger partial charge on any atom is 0.233 e. The number of carbonyl (C=O) groups is 1. The lowest BCUT2D eigenvalue weighted by Crippen LogP contribution is -2.60. The zero-order valence-corrected chi connectivity index (χ0v) is 18.3. The summed E-state index contributed by atoms with van der Waals surface area (Å²) < 4.78 is 1.92. The number of nitrogens with one attached hydrogen (secondary N) is 1. The summed E-state index contributed by atoms with van der Waals surface area (Å²) >= 11 is 4.93. The van der Waals surface area contributed by atoms with Gasteiger partial charge < -0.3 is 5.32 Å². The quantitative estimate of drug-likeness (QED) is 0.650. The lowest BCUT2D eigenvalue weighted by molar-refractivity contribution is -0.126. The van der Waals surface area contributed by atoms with Gasteiger partial charge in [0.2, 0.25) is 5.91 Å². The van der Waals surface area contributed by atoms with Gasteiger partial charge in [-0.1, -0.05) is 48.7 Å². The van der Waals surface area contributed by atoms with Crippen LogP contribution < -0.4 is 5.32 Å². The number of carbonyl (C=O) groups excluding carboxylic acids is 1. The fourth-order valence-electron chi connectivity index (χ4n) is 5.37. The SMILES string of the molecule is CC(C)CSc1nnc(S[C@H](C)C(=O)NC23CC4CC(CC(C4)C2)C3)s1. The number of amides is 1. The molecule has 1 N–H and O–H groups in total. The molecule has 4 nitrogen and oxygen atoms in total. The largest absolute Gasteiger partial charge is 0.350 e. The number of hydrogen-bond donors (Lipinski definition) is 1. The first-order chi connectivity index (χ1) is 12.4. The average Bonchev–Trinajstić information content (AvgIpc) is 2.98. The molecule has 4 saturated carbocycles. The predicted molar refractivity (Wildman–Crippen MR) is 110 cm³/mol. The van der Waals surface area contributed by atoms with E-state index in [0.717, 1.165) is 32.2 Å². The second-order valence-electron chi connectivity index (χ2n) is 8.99. The van der Waals surface area contributed by atoms with Gasteiger partial charge in [0, 0.05) is 11.3 Å². The Morgan fingerprint density at radius 2 is 1.69 bits per heavy atom. The molecule has 1 heterocycles. The highest BCUT2D eigenvalue weighted by molar-refractivity contribution is 8.03. The van der Waals surface area contributed by atoms with Gasteiger partial charge in [-0.2, -0.15) is 0 Å². The molecule has 26 heavy (non-hydrogen) atoms. The minimum absolute atomic E-state index is 0.0973. The second kappa shape index (κ2) is 7.63. The molecule has 4 aliphatic rings. The number of thioether (sulfide) groups is 2. The molecule has 0 radical (unpaired) electrons. The van der Waals surface area contributed by atoms with Crippen molar-refractivity contribution in [2.24, 2.45) is 23.7 Å². The highest BCUT2D eigenvalue weighted by atomic mass is 32.2. The van der Waals surface area contributed by atoms with Crippen LogP contribution in [0.4, 0.5) is 0 Å². The molecule has 0 unspecified atom stereocenters. The third-order valence-electron chi connectivity index (χ3n) is 6.00. The van der Waals surface area contributed by atoms with Crippen molar-refractivity contribution < 1.29 is 4.79 Å². The van der Waals surface area contributed by atoms with Gasteiger partial charge in [0.25, 0.3) is 0 Å². The highest BCUT2D eigenvalue weighted by Crippen LogP contribution is 2.55. The van der Waals surface area contributed by atoms with Crippen LogP contribution >= 0.6 is 34.9 Å². The zero-order chi connectivity index (χ0) is 18.3. The summed E-state index contributed by atoms with van der Waals surface area (Å²) in [5.41, 5.74) is 0.0973. The fourth-order valence-corrected chi connectivity index (χ4v) is 8.51. The van der Waals surface area contributed by atoms with Crippen LogP contribution in [0.5, 0.6) is 0 Å². The van der Waals surface area contributed by atoms with Gasteiger partial charge in [-0.3, -0.25) is 4.79 Å². The number of rotatable bonds is 7. The Labute approximate surface area is 169 Å². The molecule has 0 spiro atoms. The molecule has 1 aromatic heterocycles. The van der Waals surface area contributed by atoms with Crippen molar-refractivity contribution >= 4 is 40.8 Å². The Hall–Kier alpha value is -0.270. The van der Waals surface area contributed by atoms with E-state index in [0.29, 0.717) is 5.92 Å². The monoisotopic (exact) mass is 411 g/mol. The highest BCUT2D eigenvalue weighted by Gasteiger charge is 2.51. The van der Waals surface area contributed by atoms with Crippen molar-refractivity contribution in [3.8, 4) is 0 Å². The minimum Gasteiger partial charge on any atom is -0.350 e. The van der Waals surface area contributed by atoms with E-state index < -0.39 is 0 Å². The number of nitrogens with zero attached hydrogens (tertiary/aromatic N) is 2. The first kappa shape index (κ1) is 19.1. The third-order valence-corrected chi connectivity index (χ3v) is 9.67. The van der Waals surface area contributed by atoms with E-state index in [1.807, 2.05) is 6.92 Å². The van der Waals surface area contributed by atoms with Gasteiger partial charge in [0.05, 0.1) is 5.25 Å². The van der Waals surface area contributed by atoms with Crippen LogP contribution in [0.15, 0.2) is 8.68 Å². The van der Waals surface area contributed by atoms with Gasteiger partial charge in [-0.15, -0.1) is 10.2 Å². The maximum absolute atomic E-state index is 12.9. The zero-order valence-electron chi connectivity index (χ0n) is 15.9. The van der Waals surface area contributed by atoms with E-state index in [-0.39, 0.29) is 16.7 Å². The number of hydrogen-bond acceptors (Lipinski definition) is 6. The maximum atomic E-state index is 12.9. The summed E-state index contributed by atoms with van der Waals surface area (Å²) in [4.78, 5) is 12.9. The molecular formula is C19H29N3OS3. The lowest BCUT2D eigenvalue weighted by Gasteiger charge is -2.57. The van der Waals surface area contributed by atoms with Crippen molar-refractivity contribution in [2.45, 2.75) is 78.8 Å². The fraction of sp³-hybridized carbons (Fsp3) is 0.842. The molecule has 4 bridgehead atoms.